The number of allylic oxidation sites excluding steroid dienone is 2. The molecule has 0 heterocycles. The zero-order valence-corrected chi connectivity index (χ0v) is 48.8. The zero-order valence-electron chi connectivity index (χ0n) is 48.0. The van der Waals surface area contributed by atoms with E-state index in [9.17, 15) is 19.0 Å². The quantitative estimate of drug-likeness (QED) is 0.0195. The zero-order chi connectivity index (χ0) is 52.0. The molecule has 422 valence electrons. The van der Waals surface area contributed by atoms with Gasteiger partial charge in [-0.2, -0.15) is 0 Å². The summed E-state index contributed by atoms with van der Waals surface area (Å²) in [4.78, 5) is 37.9. The van der Waals surface area contributed by atoms with E-state index < -0.39 is 26.5 Å². The molecule has 0 aliphatic carbocycles. The number of carbonyl (C=O) groups is 2. The van der Waals surface area contributed by atoms with Crippen molar-refractivity contribution < 1.29 is 42.1 Å². The number of hydrogen-bond donors (Lipinski definition) is 0. The molecule has 2 atom stereocenters. The molecule has 0 aromatic carbocycles. The van der Waals surface area contributed by atoms with E-state index in [1.54, 1.807) is 0 Å². The van der Waals surface area contributed by atoms with E-state index in [1.165, 1.54) is 250 Å². The van der Waals surface area contributed by atoms with Crippen molar-refractivity contribution >= 4 is 19.8 Å². The first-order chi connectivity index (χ1) is 34.5. The van der Waals surface area contributed by atoms with E-state index in [2.05, 4.69) is 26.0 Å². The van der Waals surface area contributed by atoms with Gasteiger partial charge in [-0.1, -0.05) is 276 Å². The molecule has 71 heavy (non-hydrogen) atoms. The van der Waals surface area contributed by atoms with Gasteiger partial charge in [0.2, 0.25) is 0 Å². The number of esters is 2. The molecule has 0 saturated heterocycles. The second-order valence-electron chi connectivity index (χ2n) is 22.4. The lowest BCUT2D eigenvalue weighted by Crippen LogP contribution is -2.37. The van der Waals surface area contributed by atoms with Gasteiger partial charge in [-0.25, -0.2) is 0 Å². The first kappa shape index (κ1) is 69.8. The Morgan fingerprint density at radius 2 is 0.718 bits per heavy atom. The maximum absolute atomic E-state index is 12.8. The monoisotopic (exact) mass is 1030 g/mol. The van der Waals surface area contributed by atoms with Crippen LogP contribution in [0.1, 0.15) is 316 Å². The highest BCUT2D eigenvalue weighted by Crippen LogP contribution is 2.38. The molecule has 0 spiro atoms. The van der Waals surface area contributed by atoms with Gasteiger partial charge in [-0.3, -0.25) is 14.2 Å². The van der Waals surface area contributed by atoms with E-state index in [-0.39, 0.29) is 32.0 Å². The molecule has 0 saturated carbocycles. The molecule has 2 unspecified atom stereocenters. The molecule has 0 radical (unpaired) electrons. The average molecular weight is 1030 g/mol. The van der Waals surface area contributed by atoms with Crippen LogP contribution >= 0.6 is 7.82 Å². The van der Waals surface area contributed by atoms with Crippen molar-refractivity contribution in [1.82, 2.24) is 0 Å². The first-order valence-corrected chi connectivity index (χ1v) is 32.4. The van der Waals surface area contributed by atoms with Crippen LogP contribution in [0.15, 0.2) is 12.2 Å². The molecule has 0 fully saturated rings. The molecule has 0 N–H and O–H groups in total. The number of phosphoric ester groups is 1. The summed E-state index contributed by atoms with van der Waals surface area (Å²) < 4.78 is 34.2. The molecule has 0 aromatic rings. The van der Waals surface area contributed by atoms with Crippen LogP contribution in [0, 0.1) is 0 Å². The average Bonchev–Trinajstić information content (AvgIpc) is 3.33. The van der Waals surface area contributed by atoms with Crippen LogP contribution in [0.5, 0.6) is 0 Å². The molecule has 0 aliphatic heterocycles. The highest BCUT2D eigenvalue weighted by Gasteiger charge is 2.22. The van der Waals surface area contributed by atoms with Gasteiger partial charge in [0.1, 0.15) is 19.8 Å². The van der Waals surface area contributed by atoms with E-state index in [0.717, 1.165) is 32.1 Å². The van der Waals surface area contributed by atoms with Gasteiger partial charge in [-0.15, -0.1) is 0 Å². The summed E-state index contributed by atoms with van der Waals surface area (Å²) in [7, 11) is 1.19. The molecule has 0 bridgehead atoms. The standard InChI is InChI=1S/C61H120NO8P/c1-6-8-10-12-14-16-18-20-22-24-26-28-30-31-32-34-36-38-40-42-44-46-48-50-52-54-61(64)70-59(58-69-71(65,66)68-56-55-62(3,4)5)57-67-60(63)53-51-49-47-45-43-41-39-37-35-33-29-27-25-23-21-19-17-15-13-11-9-7-2/h24,26,59H,6-23,25,27-58H2,1-5H3/b26-24-. The molecule has 9 nitrogen and oxygen atoms in total. The predicted octanol–water partition coefficient (Wildman–Crippen LogP) is 18.6. The number of likely N-dealkylation sites (N-methyl/N-ethyl adjacent to an activating group) is 1. The third-order valence-corrected chi connectivity index (χ3v) is 15.0. The van der Waals surface area contributed by atoms with Crippen LogP contribution in [-0.2, 0) is 32.7 Å². The van der Waals surface area contributed by atoms with E-state index in [4.69, 9.17) is 18.5 Å². The Balaban J connectivity index is 4.08. The smallest absolute Gasteiger partial charge is 0.306 e. The Morgan fingerprint density at radius 1 is 0.423 bits per heavy atom. The molecule has 0 rings (SSSR count). The van der Waals surface area contributed by atoms with Gasteiger partial charge >= 0.3 is 11.9 Å². The Kier molecular flexibility index (Phi) is 52.6. The minimum atomic E-state index is -4.63. The lowest BCUT2D eigenvalue weighted by atomic mass is 10.0. The van der Waals surface area contributed by atoms with Gasteiger partial charge in [0.25, 0.3) is 7.82 Å². The summed E-state index contributed by atoms with van der Waals surface area (Å²) >= 11 is 0. The Hall–Kier alpha value is -1.25. The van der Waals surface area contributed by atoms with E-state index in [0.29, 0.717) is 17.4 Å². The number of unbranched alkanes of at least 4 members (excludes halogenated alkanes) is 42. The Labute approximate surface area is 441 Å². The fourth-order valence-corrected chi connectivity index (χ4v) is 9.97. The van der Waals surface area contributed by atoms with Crippen LogP contribution in [0.3, 0.4) is 0 Å². The van der Waals surface area contributed by atoms with Crippen molar-refractivity contribution in [2.45, 2.75) is 322 Å². The normalized spacial score (nSPS) is 13.3. The molecule has 0 aliphatic rings. The van der Waals surface area contributed by atoms with Gasteiger partial charge in [0.05, 0.1) is 27.7 Å². The highest BCUT2D eigenvalue weighted by atomic mass is 31.2. The number of nitrogens with zero attached hydrogens (tertiary/aromatic N) is 1. The number of phosphoric acid groups is 1. The van der Waals surface area contributed by atoms with Gasteiger partial charge < -0.3 is 27.9 Å². The molecule has 0 aromatic heterocycles. The summed E-state index contributed by atoms with van der Waals surface area (Å²) in [5, 5.41) is 0. The Bertz CT molecular complexity index is 1210. The number of quaternary nitrogens is 1. The highest BCUT2D eigenvalue weighted by molar-refractivity contribution is 7.45. The fraction of sp³-hybridized carbons (Fsp3) is 0.934. The van der Waals surface area contributed by atoms with E-state index in [1.807, 2.05) is 21.1 Å². The van der Waals surface area contributed by atoms with Crippen molar-refractivity contribution in [3.8, 4) is 0 Å². The van der Waals surface area contributed by atoms with Crippen LogP contribution < -0.4 is 4.89 Å². The SMILES string of the molecule is CCCCCCCCCC/C=C\CCCCCCCCCCCCCCCC(=O)OC(COC(=O)CCCCCCCCCCCCCCCCCCCCCCCC)COP(=O)([O-])OCC[N+](C)(C)C. The van der Waals surface area contributed by atoms with E-state index >= 15 is 0 Å². The number of hydrogen-bond acceptors (Lipinski definition) is 8. The summed E-state index contributed by atoms with van der Waals surface area (Å²) in [5.41, 5.74) is 0. The van der Waals surface area contributed by atoms with Crippen LogP contribution in [-0.4, -0.2) is 70.0 Å². The third kappa shape index (κ3) is 57.9. The van der Waals surface area contributed by atoms with Crippen molar-refractivity contribution in [3.63, 3.8) is 0 Å². The number of carbonyl (C=O) groups excluding carboxylic acids is 2. The largest absolute Gasteiger partial charge is 0.756 e. The summed E-state index contributed by atoms with van der Waals surface area (Å²) in [5.74, 6) is -0.812. The second-order valence-corrected chi connectivity index (χ2v) is 23.8. The predicted molar refractivity (Wildman–Crippen MR) is 301 cm³/mol. The van der Waals surface area contributed by atoms with Crippen LogP contribution in [0.2, 0.25) is 0 Å². The molecular weight excluding hydrogens is 906 g/mol. The van der Waals surface area contributed by atoms with Crippen molar-refractivity contribution in [2.24, 2.45) is 0 Å². The van der Waals surface area contributed by atoms with Gasteiger partial charge in [0.15, 0.2) is 6.10 Å². The summed E-state index contributed by atoms with van der Waals surface area (Å²) in [6.07, 6.45) is 62.6. The Morgan fingerprint density at radius 3 is 1.04 bits per heavy atom. The maximum Gasteiger partial charge on any atom is 0.306 e. The van der Waals surface area contributed by atoms with Gasteiger partial charge in [-0.05, 0) is 38.5 Å². The van der Waals surface area contributed by atoms with Crippen LogP contribution in [0.25, 0.3) is 0 Å². The maximum atomic E-state index is 12.8. The first-order valence-electron chi connectivity index (χ1n) is 30.9. The second kappa shape index (κ2) is 53.6. The third-order valence-electron chi connectivity index (χ3n) is 14.0. The fourth-order valence-electron chi connectivity index (χ4n) is 9.24. The molecule has 10 heteroatoms. The lowest BCUT2D eigenvalue weighted by molar-refractivity contribution is -0.870. The molecule has 0 amide bonds. The van der Waals surface area contributed by atoms with Gasteiger partial charge in [0, 0.05) is 12.8 Å². The minimum Gasteiger partial charge on any atom is -0.756 e. The van der Waals surface area contributed by atoms with Crippen LogP contribution in [0.4, 0.5) is 0 Å². The van der Waals surface area contributed by atoms with Crippen molar-refractivity contribution in [3.05, 3.63) is 12.2 Å². The summed E-state index contributed by atoms with van der Waals surface area (Å²) in [6, 6.07) is 0. The lowest BCUT2D eigenvalue weighted by Gasteiger charge is -2.28. The van der Waals surface area contributed by atoms with Crippen molar-refractivity contribution in [2.75, 3.05) is 47.5 Å². The minimum absolute atomic E-state index is 0.0266. The summed E-state index contributed by atoms with van der Waals surface area (Å²) in [6.45, 7) is 4.31. The molecular formula is C61H120NO8P. The van der Waals surface area contributed by atoms with Crippen molar-refractivity contribution in [1.29, 1.82) is 0 Å². The topological polar surface area (TPSA) is 111 Å². The number of rotatable bonds is 58. The number of ether oxygens (including phenoxy) is 2.